The SMILES string of the molecule is C=C(C)CN(CC)C(=O)COc1ccc(NC(C)=O)cc1. The zero-order valence-electron chi connectivity index (χ0n) is 12.8. The Morgan fingerprint density at radius 1 is 1.24 bits per heavy atom. The number of carbonyl (C=O) groups is 2. The molecule has 114 valence electrons. The first-order valence-electron chi connectivity index (χ1n) is 6.85. The summed E-state index contributed by atoms with van der Waals surface area (Å²) >= 11 is 0. The average Bonchev–Trinajstić information content (AvgIpc) is 2.42. The Morgan fingerprint density at radius 2 is 1.86 bits per heavy atom. The van der Waals surface area contributed by atoms with Crippen LogP contribution in [0.2, 0.25) is 0 Å². The van der Waals surface area contributed by atoms with Crippen LogP contribution in [0, 0.1) is 0 Å². The van der Waals surface area contributed by atoms with Gasteiger partial charge < -0.3 is 15.0 Å². The maximum atomic E-state index is 12.0. The molecule has 0 spiro atoms. The smallest absolute Gasteiger partial charge is 0.260 e. The van der Waals surface area contributed by atoms with Crippen LogP contribution >= 0.6 is 0 Å². The van der Waals surface area contributed by atoms with Gasteiger partial charge in [0.05, 0.1) is 0 Å². The Labute approximate surface area is 125 Å². The molecular weight excluding hydrogens is 268 g/mol. The number of hydrogen-bond donors (Lipinski definition) is 1. The molecule has 0 aliphatic heterocycles. The lowest BCUT2D eigenvalue weighted by Crippen LogP contribution is -2.35. The van der Waals surface area contributed by atoms with Crippen LogP contribution < -0.4 is 10.1 Å². The van der Waals surface area contributed by atoms with Gasteiger partial charge in [-0.2, -0.15) is 0 Å². The highest BCUT2D eigenvalue weighted by molar-refractivity contribution is 5.88. The predicted octanol–water partition coefficient (Wildman–Crippen LogP) is 2.45. The van der Waals surface area contributed by atoms with E-state index in [9.17, 15) is 9.59 Å². The lowest BCUT2D eigenvalue weighted by molar-refractivity contribution is -0.132. The highest BCUT2D eigenvalue weighted by Crippen LogP contribution is 2.15. The number of likely N-dealkylation sites (N-methyl/N-ethyl adjacent to an activating group) is 1. The van der Waals surface area contributed by atoms with E-state index >= 15 is 0 Å². The van der Waals surface area contributed by atoms with E-state index in [-0.39, 0.29) is 18.4 Å². The molecule has 0 saturated heterocycles. The van der Waals surface area contributed by atoms with Crippen LogP contribution in [0.5, 0.6) is 5.75 Å². The number of hydrogen-bond acceptors (Lipinski definition) is 3. The molecule has 0 fully saturated rings. The quantitative estimate of drug-likeness (QED) is 0.785. The molecule has 0 unspecified atom stereocenters. The maximum Gasteiger partial charge on any atom is 0.260 e. The molecule has 5 nitrogen and oxygen atoms in total. The fraction of sp³-hybridized carbons (Fsp3) is 0.375. The minimum atomic E-state index is -0.128. The predicted molar refractivity (Wildman–Crippen MR) is 83.3 cm³/mol. The van der Waals surface area contributed by atoms with Crippen LogP contribution in [0.15, 0.2) is 36.4 Å². The fourth-order valence-corrected chi connectivity index (χ4v) is 1.78. The maximum absolute atomic E-state index is 12.0. The van der Waals surface area contributed by atoms with Gasteiger partial charge in [-0.3, -0.25) is 9.59 Å². The van der Waals surface area contributed by atoms with Gasteiger partial charge in [-0.05, 0) is 38.1 Å². The zero-order valence-corrected chi connectivity index (χ0v) is 12.8. The van der Waals surface area contributed by atoms with E-state index in [0.29, 0.717) is 24.5 Å². The molecule has 1 rings (SSSR count). The van der Waals surface area contributed by atoms with Gasteiger partial charge in [0.1, 0.15) is 5.75 Å². The summed E-state index contributed by atoms with van der Waals surface area (Å²) in [4.78, 5) is 24.6. The summed E-state index contributed by atoms with van der Waals surface area (Å²) in [5.74, 6) is 0.382. The van der Waals surface area contributed by atoms with Crippen LogP contribution in [0.3, 0.4) is 0 Å². The summed E-state index contributed by atoms with van der Waals surface area (Å²) in [5.41, 5.74) is 1.63. The Balaban J connectivity index is 2.52. The monoisotopic (exact) mass is 290 g/mol. The van der Waals surface area contributed by atoms with Gasteiger partial charge in [0.15, 0.2) is 6.61 Å². The van der Waals surface area contributed by atoms with Crippen LogP contribution in [0.4, 0.5) is 5.69 Å². The van der Waals surface area contributed by atoms with Gasteiger partial charge in [-0.25, -0.2) is 0 Å². The van der Waals surface area contributed by atoms with Gasteiger partial charge in [0.2, 0.25) is 5.91 Å². The second-order valence-electron chi connectivity index (χ2n) is 4.86. The third kappa shape index (κ3) is 6.12. The Kier molecular flexibility index (Phi) is 6.46. The molecule has 1 aromatic rings. The van der Waals surface area contributed by atoms with Crippen molar-refractivity contribution in [2.75, 3.05) is 25.0 Å². The summed E-state index contributed by atoms with van der Waals surface area (Å²) in [6, 6.07) is 6.89. The second-order valence-corrected chi connectivity index (χ2v) is 4.86. The van der Waals surface area contributed by atoms with E-state index < -0.39 is 0 Å². The molecule has 5 heteroatoms. The van der Waals surface area contributed by atoms with Crippen molar-refractivity contribution >= 4 is 17.5 Å². The normalized spacial score (nSPS) is 9.86. The van der Waals surface area contributed by atoms with Crippen molar-refractivity contribution in [2.24, 2.45) is 0 Å². The van der Waals surface area contributed by atoms with Crippen molar-refractivity contribution in [2.45, 2.75) is 20.8 Å². The summed E-state index contributed by atoms with van der Waals surface area (Å²) in [5, 5.41) is 2.67. The largest absolute Gasteiger partial charge is 0.484 e. The van der Waals surface area contributed by atoms with Crippen molar-refractivity contribution in [3.8, 4) is 5.75 Å². The number of nitrogens with one attached hydrogen (secondary N) is 1. The number of anilines is 1. The topological polar surface area (TPSA) is 58.6 Å². The molecule has 1 aromatic carbocycles. The van der Waals surface area contributed by atoms with E-state index in [1.807, 2.05) is 13.8 Å². The van der Waals surface area contributed by atoms with Crippen molar-refractivity contribution in [3.63, 3.8) is 0 Å². The van der Waals surface area contributed by atoms with Crippen LogP contribution in [0.1, 0.15) is 20.8 Å². The highest BCUT2D eigenvalue weighted by Gasteiger charge is 2.12. The first-order valence-corrected chi connectivity index (χ1v) is 6.85. The zero-order chi connectivity index (χ0) is 15.8. The standard InChI is InChI=1S/C16H22N2O3/c1-5-18(10-12(2)3)16(20)11-21-15-8-6-14(7-9-15)17-13(4)19/h6-9H,2,5,10-11H2,1,3-4H3,(H,17,19). The molecule has 1 N–H and O–H groups in total. The summed E-state index contributed by atoms with van der Waals surface area (Å²) in [6.45, 7) is 10.2. The number of nitrogens with zero attached hydrogens (tertiary/aromatic N) is 1. The molecule has 0 atom stereocenters. The van der Waals surface area contributed by atoms with E-state index in [4.69, 9.17) is 4.74 Å². The van der Waals surface area contributed by atoms with Crippen LogP contribution in [0.25, 0.3) is 0 Å². The summed E-state index contributed by atoms with van der Waals surface area (Å²) in [7, 11) is 0. The van der Waals surface area contributed by atoms with E-state index in [2.05, 4.69) is 11.9 Å². The molecule has 0 bridgehead atoms. The van der Waals surface area contributed by atoms with Gasteiger partial charge in [-0.1, -0.05) is 12.2 Å². The number of carbonyl (C=O) groups excluding carboxylic acids is 2. The van der Waals surface area contributed by atoms with E-state index in [1.54, 1.807) is 29.2 Å². The average molecular weight is 290 g/mol. The van der Waals surface area contributed by atoms with Crippen LogP contribution in [-0.4, -0.2) is 36.4 Å². The summed E-state index contributed by atoms with van der Waals surface area (Å²) in [6.07, 6.45) is 0. The molecule has 2 amide bonds. The van der Waals surface area contributed by atoms with Gasteiger partial charge in [-0.15, -0.1) is 0 Å². The molecule has 0 aliphatic rings. The Morgan fingerprint density at radius 3 is 2.33 bits per heavy atom. The molecule has 0 heterocycles. The van der Waals surface area contributed by atoms with Crippen LogP contribution in [-0.2, 0) is 9.59 Å². The van der Waals surface area contributed by atoms with Crippen molar-refractivity contribution in [3.05, 3.63) is 36.4 Å². The Hall–Kier alpha value is -2.30. The fourth-order valence-electron chi connectivity index (χ4n) is 1.78. The number of ether oxygens (including phenoxy) is 1. The molecule has 0 aromatic heterocycles. The first-order chi connectivity index (χ1) is 9.92. The highest BCUT2D eigenvalue weighted by atomic mass is 16.5. The lowest BCUT2D eigenvalue weighted by Gasteiger charge is -2.21. The minimum absolute atomic E-state index is 0.0133. The van der Waals surface area contributed by atoms with Crippen molar-refractivity contribution in [1.29, 1.82) is 0 Å². The Bertz CT molecular complexity index is 509. The van der Waals surface area contributed by atoms with Gasteiger partial charge in [0.25, 0.3) is 5.91 Å². The number of amides is 2. The van der Waals surface area contributed by atoms with Crippen molar-refractivity contribution in [1.82, 2.24) is 4.90 Å². The van der Waals surface area contributed by atoms with Gasteiger partial charge in [0, 0.05) is 25.7 Å². The summed E-state index contributed by atoms with van der Waals surface area (Å²) < 4.78 is 5.46. The molecule has 0 radical (unpaired) electrons. The molecule has 0 aliphatic carbocycles. The van der Waals surface area contributed by atoms with Crippen molar-refractivity contribution < 1.29 is 14.3 Å². The molecular formula is C16H22N2O3. The second kappa shape index (κ2) is 8.09. The number of rotatable bonds is 7. The molecule has 21 heavy (non-hydrogen) atoms. The van der Waals surface area contributed by atoms with E-state index in [0.717, 1.165) is 5.57 Å². The van der Waals surface area contributed by atoms with E-state index in [1.165, 1.54) is 6.92 Å². The third-order valence-electron chi connectivity index (χ3n) is 2.73. The minimum Gasteiger partial charge on any atom is -0.484 e. The third-order valence-corrected chi connectivity index (χ3v) is 2.73. The van der Waals surface area contributed by atoms with Gasteiger partial charge >= 0.3 is 0 Å². The number of benzene rings is 1. The molecule has 0 saturated carbocycles. The first kappa shape index (κ1) is 16.8. The lowest BCUT2D eigenvalue weighted by atomic mass is 10.3.